The van der Waals surface area contributed by atoms with Gasteiger partial charge in [0.15, 0.2) is 12.4 Å². The summed E-state index contributed by atoms with van der Waals surface area (Å²) >= 11 is 0. The van der Waals surface area contributed by atoms with Gasteiger partial charge in [-0.3, -0.25) is 9.10 Å². The molecule has 0 amide bonds. The number of carbonyl (C=O) groups excluding carboxylic acids is 2. The van der Waals surface area contributed by atoms with Gasteiger partial charge in [-0.1, -0.05) is 25.1 Å². The molecule has 0 saturated heterocycles. The number of esters is 1. The molecular formula is C24H23NO6S. The number of hydrogen-bond acceptors (Lipinski definition) is 6. The summed E-state index contributed by atoms with van der Waals surface area (Å²) in [6, 6.07) is 20.8. The first-order valence-corrected chi connectivity index (χ1v) is 11.4. The second-order valence-electron chi connectivity index (χ2n) is 6.84. The van der Waals surface area contributed by atoms with Crippen molar-refractivity contribution in [2.75, 3.05) is 18.0 Å². The zero-order valence-corrected chi connectivity index (χ0v) is 18.5. The Balaban J connectivity index is 1.57. The second-order valence-corrected chi connectivity index (χ2v) is 8.81. The molecule has 0 aromatic heterocycles. The standard InChI is InChI=1S/C24H23NO6S/c1-3-23(26)18-9-13-20(14-10-18)30-17-24(27)31-21-15-11-19(12-16-21)25(2)32(28,29)22-7-5-4-6-8-22/h4-16H,3,17H2,1-2H3. The molecule has 0 bridgehead atoms. The first kappa shape index (κ1) is 23.0. The molecular weight excluding hydrogens is 430 g/mol. The van der Waals surface area contributed by atoms with E-state index in [1.807, 2.05) is 0 Å². The van der Waals surface area contributed by atoms with Crippen molar-refractivity contribution in [3.8, 4) is 11.5 Å². The molecule has 0 unspecified atom stereocenters. The molecule has 0 saturated carbocycles. The Morgan fingerprint density at radius 1 is 0.844 bits per heavy atom. The Labute approximate surface area is 187 Å². The Kier molecular flexibility index (Phi) is 7.27. The Bertz CT molecular complexity index is 1170. The van der Waals surface area contributed by atoms with Gasteiger partial charge in [0.05, 0.1) is 10.6 Å². The van der Waals surface area contributed by atoms with Crippen molar-refractivity contribution in [1.82, 2.24) is 0 Å². The van der Waals surface area contributed by atoms with Gasteiger partial charge in [0.25, 0.3) is 10.0 Å². The van der Waals surface area contributed by atoms with Gasteiger partial charge in [-0.2, -0.15) is 0 Å². The minimum atomic E-state index is -3.69. The van der Waals surface area contributed by atoms with E-state index < -0.39 is 16.0 Å². The van der Waals surface area contributed by atoms with E-state index in [4.69, 9.17) is 9.47 Å². The fourth-order valence-electron chi connectivity index (χ4n) is 2.86. The average molecular weight is 454 g/mol. The maximum absolute atomic E-state index is 12.7. The highest BCUT2D eigenvalue weighted by Gasteiger charge is 2.21. The summed E-state index contributed by atoms with van der Waals surface area (Å²) in [5.74, 6) is 0.118. The van der Waals surface area contributed by atoms with Crippen molar-refractivity contribution in [1.29, 1.82) is 0 Å². The van der Waals surface area contributed by atoms with Gasteiger partial charge >= 0.3 is 5.97 Å². The van der Waals surface area contributed by atoms with Crippen molar-refractivity contribution in [3.63, 3.8) is 0 Å². The molecule has 7 nitrogen and oxygen atoms in total. The molecule has 0 spiro atoms. The number of Topliss-reactive ketones (excluding diaryl/α,β-unsaturated/α-hetero) is 1. The molecule has 8 heteroatoms. The predicted octanol–water partition coefficient (Wildman–Crippen LogP) is 4.09. The maximum Gasteiger partial charge on any atom is 0.349 e. The maximum atomic E-state index is 12.7. The molecule has 0 fully saturated rings. The van der Waals surface area contributed by atoms with Crippen molar-refractivity contribution < 1.29 is 27.5 Å². The number of nitrogens with zero attached hydrogens (tertiary/aromatic N) is 1. The van der Waals surface area contributed by atoms with Crippen molar-refractivity contribution in [2.24, 2.45) is 0 Å². The van der Waals surface area contributed by atoms with Crippen LogP contribution in [-0.4, -0.2) is 33.8 Å². The average Bonchev–Trinajstić information content (AvgIpc) is 2.83. The van der Waals surface area contributed by atoms with Crippen LogP contribution in [0.1, 0.15) is 23.7 Å². The molecule has 3 rings (SSSR count). The molecule has 0 heterocycles. The fourth-order valence-corrected chi connectivity index (χ4v) is 4.07. The molecule has 0 N–H and O–H groups in total. The monoisotopic (exact) mass is 453 g/mol. The topological polar surface area (TPSA) is 90.0 Å². The Hall–Kier alpha value is -3.65. The fraction of sp³-hybridized carbons (Fsp3) is 0.167. The number of ketones is 1. The molecule has 0 atom stereocenters. The molecule has 3 aromatic carbocycles. The van der Waals surface area contributed by atoms with Gasteiger partial charge in [0.2, 0.25) is 0 Å². The van der Waals surface area contributed by atoms with E-state index in [9.17, 15) is 18.0 Å². The van der Waals surface area contributed by atoms with Crippen molar-refractivity contribution >= 4 is 27.5 Å². The van der Waals surface area contributed by atoms with Crippen LogP contribution in [0, 0.1) is 0 Å². The third-order valence-electron chi connectivity index (χ3n) is 4.69. The molecule has 0 aliphatic rings. The van der Waals surface area contributed by atoms with Crippen LogP contribution in [0.25, 0.3) is 0 Å². The summed E-state index contributed by atoms with van der Waals surface area (Å²) in [6.07, 6.45) is 0.416. The first-order valence-electron chi connectivity index (χ1n) is 9.92. The highest BCUT2D eigenvalue weighted by molar-refractivity contribution is 7.92. The third kappa shape index (κ3) is 5.53. The highest BCUT2D eigenvalue weighted by Crippen LogP contribution is 2.24. The van der Waals surface area contributed by atoms with Gasteiger partial charge < -0.3 is 9.47 Å². The Morgan fingerprint density at radius 2 is 1.44 bits per heavy atom. The van der Waals surface area contributed by atoms with Crippen LogP contribution in [0.4, 0.5) is 5.69 Å². The van der Waals surface area contributed by atoms with E-state index >= 15 is 0 Å². The van der Waals surface area contributed by atoms with E-state index in [1.54, 1.807) is 61.5 Å². The Morgan fingerprint density at radius 3 is 2.03 bits per heavy atom. The summed E-state index contributed by atoms with van der Waals surface area (Å²) in [6.45, 7) is 1.47. The summed E-state index contributed by atoms with van der Waals surface area (Å²) in [7, 11) is -2.24. The molecule has 0 aliphatic heterocycles. The smallest absolute Gasteiger partial charge is 0.349 e. The molecule has 32 heavy (non-hydrogen) atoms. The van der Waals surface area contributed by atoms with Crippen molar-refractivity contribution in [3.05, 3.63) is 84.4 Å². The van der Waals surface area contributed by atoms with Crippen LogP contribution in [0.3, 0.4) is 0 Å². The van der Waals surface area contributed by atoms with E-state index in [1.165, 1.54) is 31.3 Å². The van der Waals surface area contributed by atoms with Crippen LogP contribution in [-0.2, 0) is 14.8 Å². The van der Waals surface area contributed by atoms with Crippen LogP contribution < -0.4 is 13.8 Å². The van der Waals surface area contributed by atoms with Gasteiger partial charge in [-0.05, 0) is 60.7 Å². The van der Waals surface area contributed by atoms with E-state index in [0.29, 0.717) is 23.4 Å². The third-order valence-corrected chi connectivity index (χ3v) is 6.49. The van der Waals surface area contributed by atoms with Gasteiger partial charge in [-0.15, -0.1) is 0 Å². The summed E-state index contributed by atoms with van der Waals surface area (Å²) < 4.78 is 37.2. The van der Waals surface area contributed by atoms with Crippen molar-refractivity contribution in [2.45, 2.75) is 18.2 Å². The lowest BCUT2D eigenvalue weighted by Gasteiger charge is -2.19. The number of hydrogen-bond donors (Lipinski definition) is 0. The zero-order chi connectivity index (χ0) is 23.1. The normalized spacial score (nSPS) is 10.9. The summed E-state index contributed by atoms with van der Waals surface area (Å²) in [5, 5.41) is 0. The van der Waals surface area contributed by atoms with Gasteiger partial charge in [-0.25, -0.2) is 13.2 Å². The van der Waals surface area contributed by atoms with Crippen LogP contribution in [0.5, 0.6) is 11.5 Å². The first-order chi connectivity index (χ1) is 15.3. The summed E-state index contributed by atoms with van der Waals surface area (Å²) in [5.41, 5.74) is 1.01. The molecule has 166 valence electrons. The van der Waals surface area contributed by atoms with E-state index in [2.05, 4.69) is 0 Å². The minimum absolute atomic E-state index is 0.0293. The van der Waals surface area contributed by atoms with Crippen LogP contribution >= 0.6 is 0 Å². The lowest BCUT2D eigenvalue weighted by molar-refractivity contribution is -0.136. The highest BCUT2D eigenvalue weighted by atomic mass is 32.2. The van der Waals surface area contributed by atoms with Gasteiger partial charge in [0, 0.05) is 19.0 Å². The molecule has 0 radical (unpaired) electrons. The van der Waals surface area contributed by atoms with Gasteiger partial charge in [0.1, 0.15) is 11.5 Å². The summed E-state index contributed by atoms with van der Waals surface area (Å²) in [4.78, 5) is 23.9. The van der Waals surface area contributed by atoms with Crippen LogP contribution in [0.2, 0.25) is 0 Å². The number of carbonyl (C=O) groups is 2. The van der Waals surface area contributed by atoms with E-state index in [0.717, 1.165) is 4.31 Å². The van der Waals surface area contributed by atoms with Crippen LogP contribution in [0.15, 0.2) is 83.8 Å². The predicted molar refractivity (Wildman–Crippen MR) is 121 cm³/mol. The lowest BCUT2D eigenvalue weighted by Crippen LogP contribution is -2.26. The largest absolute Gasteiger partial charge is 0.482 e. The number of anilines is 1. The number of rotatable bonds is 9. The molecule has 0 aliphatic carbocycles. The zero-order valence-electron chi connectivity index (χ0n) is 17.7. The lowest BCUT2D eigenvalue weighted by atomic mass is 10.1. The number of benzene rings is 3. The number of sulfonamides is 1. The SMILES string of the molecule is CCC(=O)c1ccc(OCC(=O)Oc2ccc(N(C)S(=O)(=O)c3ccccc3)cc2)cc1. The quantitative estimate of drug-likeness (QED) is 0.275. The van der Waals surface area contributed by atoms with E-state index in [-0.39, 0.29) is 23.0 Å². The number of ether oxygens (including phenoxy) is 2. The minimum Gasteiger partial charge on any atom is -0.482 e. The second kappa shape index (κ2) is 10.1. The molecule has 3 aromatic rings.